The van der Waals surface area contributed by atoms with Crippen LogP contribution in [0.1, 0.15) is 194 Å². The average molecular weight is 632 g/mol. The molecule has 0 heterocycles. The molecule has 37 heavy (non-hydrogen) atoms. The van der Waals surface area contributed by atoms with Gasteiger partial charge in [0.2, 0.25) is 0 Å². The minimum atomic E-state index is -2.17. The van der Waals surface area contributed by atoms with Gasteiger partial charge in [0.1, 0.15) is 0 Å². The van der Waals surface area contributed by atoms with Gasteiger partial charge in [0.05, 0.1) is 0 Å². The summed E-state index contributed by atoms with van der Waals surface area (Å²) in [5.74, 6) is -0.319. The van der Waals surface area contributed by atoms with E-state index in [2.05, 4.69) is 13.8 Å². The normalized spacial score (nSPS) is 11.1. The van der Waals surface area contributed by atoms with Crippen molar-refractivity contribution in [1.82, 2.24) is 0 Å². The molecule has 0 bridgehead atoms. The molecular formula is C32H64O4Sn. The van der Waals surface area contributed by atoms with E-state index < -0.39 is 22.0 Å². The first kappa shape index (κ1) is 36.7. The topological polar surface area (TPSA) is 52.6 Å². The minimum absolute atomic E-state index is 0.160. The zero-order chi connectivity index (χ0) is 27.1. The van der Waals surface area contributed by atoms with Gasteiger partial charge in [-0.3, -0.25) is 0 Å². The van der Waals surface area contributed by atoms with Crippen LogP contribution < -0.4 is 0 Å². The molecule has 0 saturated carbocycles. The molecule has 0 rings (SSSR count). The van der Waals surface area contributed by atoms with Crippen molar-refractivity contribution in [1.29, 1.82) is 0 Å². The molecular weight excluding hydrogens is 567 g/mol. The first-order valence-corrected chi connectivity index (χ1v) is 19.8. The molecule has 5 heteroatoms. The smallest absolute Gasteiger partial charge is 0.0654 e. The van der Waals surface area contributed by atoms with E-state index in [9.17, 15) is 9.59 Å². The van der Waals surface area contributed by atoms with E-state index in [0.717, 1.165) is 25.7 Å². The minimum Gasteiger partial charge on any atom is -0.0654 e. The van der Waals surface area contributed by atoms with Crippen molar-refractivity contribution in [2.75, 3.05) is 0 Å². The van der Waals surface area contributed by atoms with Gasteiger partial charge in [-0.05, 0) is 0 Å². The van der Waals surface area contributed by atoms with Crippen LogP contribution in [-0.2, 0) is 15.7 Å². The number of carbonyl (C=O) groups excluding carboxylic acids is 2. The summed E-state index contributed by atoms with van der Waals surface area (Å²) in [5, 5.41) is 0. The van der Waals surface area contributed by atoms with Crippen LogP contribution in [0, 0.1) is 0 Å². The summed E-state index contributed by atoms with van der Waals surface area (Å²) >= 11 is -2.17. The quantitative estimate of drug-likeness (QED) is 0.0585. The molecule has 0 aromatic carbocycles. The third-order valence-electron chi connectivity index (χ3n) is 7.41. The molecule has 0 unspecified atom stereocenters. The Kier molecular flexibility index (Phi) is 31.7. The number of unbranched alkanes of at least 4 members (excludes halogenated alkanes) is 24. The monoisotopic (exact) mass is 632 g/mol. The van der Waals surface area contributed by atoms with Gasteiger partial charge in [0.15, 0.2) is 0 Å². The zero-order valence-corrected chi connectivity index (χ0v) is 29.2. The third kappa shape index (κ3) is 31.9. The van der Waals surface area contributed by atoms with Gasteiger partial charge in [0.25, 0.3) is 0 Å². The summed E-state index contributed by atoms with van der Waals surface area (Å²) in [4.78, 5) is 23.7. The molecule has 0 aromatic rings. The Bertz CT molecular complexity index is 441. The number of rotatable bonds is 30. The van der Waals surface area contributed by atoms with E-state index in [4.69, 9.17) is 6.15 Å². The molecule has 220 valence electrons. The second-order valence-electron chi connectivity index (χ2n) is 11.1. The van der Waals surface area contributed by atoms with E-state index in [-0.39, 0.29) is 11.9 Å². The van der Waals surface area contributed by atoms with Crippen molar-refractivity contribution in [2.45, 2.75) is 194 Å². The van der Waals surface area contributed by atoms with Gasteiger partial charge in [-0.2, -0.15) is 0 Å². The molecule has 0 aliphatic carbocycles. The molecule has 4 nitrogen and oxygen atoms in total. The van der Waals surface area contributed by atoms with E-state index in [1.807, 2.05) is 0 Å². The fraction of sp³-hybridized carbons (Fsp3) is 0.938. The van der Waals surface area contributed by atoms with Gasteiger partial charge in [0, 0.05) is 0 Å². The fourth-order valence-corrected chi connectivity index (χ4v) is 6.62. The first-order valence-electron chi connectivity index (χ1n) is 16.5. The predicted molar refractivity (Wildman–Crippen MR) is 161 cm³/mol. The molecule has 0 atom stereocenters. The van der Waals surface area contributed by atoms with E-state index in [1.165, 1.54) is 141 Å². The van der Waals surface area contributed by atoms with E-state index in [1.54, 1.807) is 0 Å². The van der Waals surface area contributed by atoms with Gasteiger partial charge in [-0.15, -0.1) is 0 Å². The van der Waals surface area contributed by atoms with E-state index >= 15 is 0 Å². The molecule has 0 spiro atoms. The van der Waals surface area contributed by atoms with Gasteiger partial charge in [-0.25, -0.2) is 0 Å². The van der Waals surface area contributed by atoms with Crippen LogP contribution in [0.4, 0.5) is 0 Å². The summed E-state index contributed by atoms with van der Waals surface area (Å²) < 4.78 is 10.5. The summed E-state index contributed by atoms with van der Waals surface area (Å²) in [5.41, 5.74) is 0. The molecule has 0 aromatic heterocycles. The molecule has 0 fully saturated rings. The maximum atomic E-state index is 11.9. The van der Waals surface area contributed by atoms with Crippen LogP contribution in [0.25, 0.3) is 0 Å². The predicted octanol–water partition coefficient (Wildman–Crippen LogP) is 10.0. The first-order chi connectivity index (χ1) is 18.2. The molecule has 0 N–H and O–H groups in total. The van der Waals surface area contributed by atoms with Gasteiger partial charge >= 0.3 is 178 Å². The Morgan fingerprint density at radius 2 is 0.595 bits per heavy atom. The summed E-state index contributed by atoms with van der Waals surface area (Å²) in [6, 6.07) is 0. The van der Waals surface area contributed by atoms with Gasteiger partial charge < -0.3 is 0 Å². The number of hydrogen-bond acceptors (Lipinski definition) is 4. The van der Waals surface area contributed by atoms with Crippen LogP contribution in [0.15, 0.2) is 0 Å². The standard InChI is InChI=1S/2C16H32O2.Sn.2H/c2*1-2-3-4-5-6-7-8-9-10-11-12-13-14-15-16(17)18;;;/h2*2-15H2,1H3,(H,17,18);;;/q;;+2;;/p-2. The van der Waals surface area contributed by atoms with Gasteiger partial charge in [-0.1, -0.05) is 65.2 Å². The fourth-order valence-electron chi connectivity index (χ4n) is 4.88. The van der Waals surface area contributed by atoms with Crippen molar-refractivity contribution in [2.24, 2.45) is 0 Å². The maximum absolute atomic E-state index is 11.9. The van der Waals surface area contributed by atoms with E-state index in [0.29, 0.717) is 12.8 Å². The Morgan fingerprint density at radius 3 is 0.838 bits per heavy atom. The average Bonchev–Trinajstić information content (AvgIpc) is 2.89. The van der Waals surface area contributed by atoms with Crippen LogP contribution in [0.2, 0.25) is 0 Å². The van der Waals surface area contributed by atoms with Crippen molar-refractivity contribution >= 4 is 33.9 Å². The van der Waals surface area contributed by atoms with Crippen molar-refractivity contribution < 1.29 is 15.7 Å². The van der Waals surface area contributed by atoms with Crippen molar-refractivity contribution in [3.63, 3.8) is 0 Å². The Balaban J connectivity index is 3.27. The third-order valence-corrected chi connectivity index (χ3v) is 9.92. The summed E-state index contributed by atoms with van der Waals surface area (Å²) in [7, 11) is 0. The molecule has 0 aliphatic rings. The Hall–Kier alpha value is -0.261. The molecule has 0 aliphatic heterocycles. The molecule has 0 saturated heterocycles. The van der Waals surface area contributed by atoms with Crippen LogP contribution in [-0.4, -0.2) is 33.9 Å². The number of carbonyl (C=O) groups is 2. The number of hydrogen-bond donors (Lipinski definition) is 0. The SMILES string of the molecule is CCCCCCCCCCCCCCCC(=O)[O][SnH2][O]C(=O)CCCCCCCCCCCCCCC. The Morgan fingerprint density at radius 1 is 0.378 bits per heavy atom. The summed E-state index contributed by atoms with van der Waals surface area (Å²) in [6.45, 7) is 4.54. The molecule has 0 amide bonds. The Labute approximate surface area is 242 Å². The zero-order valence-electron chi connectivity index (χ0n) is 25.1. The van der Waals surface area contributed by atoms with Crippen LogP contribution in [0.3, 0.4) is 0 Å². The second-order valence-corrected chi connectivity index (χ2v) is 13.5. The van der Waals surface area contributed by atoms with Crippen molar-refractivity contribution in [3.8, 4) is 0 Å². The summed E-state index contributed by atoms with van der Waals surface area (Å²) in [6.07, 6.45) is 34.7. The van der Waals surface area contributed by atoms with Crippen LogP contribution >= 0.6 is 0 Å². The van der Waals surface area contributed by atoms with Crippen LogP contribution in [0.5, 0.6) is 0 Å². The second kappa shape index (κ2) is 32.0. The molecule has 0 radical (unpaired) electrons. The van der Waals surface area contributed by atoms with Crippen molar-refractivity contribution in [3.05, 3.63) is 0 Å².